The number of ether oxygens (including phenoxy) is 1. The van der Waals surface area contributed by atoms with Gasteiger partial charge in [0.1, 0.15) is 11.4 Å². The summed E-state index contributed by atoms with van der Waals surface area (Å²) in [5.41, 5.74) is 3.18. The molecule has 0 saturated heterocycles. The molecule has 0 saturated carbocycles. The van der Waals surface area contributed by atoms with Gasteiger partial charge in [0.2, 0.25) is 0 Å². The average Bonchev–Trinajstić information content (AvgIpc) is 3.48. The Morgan fingerprint density at radius 3 is 2.28 bits per heavy atom. The van der Waals surface area contributed by atoms with Gasteiger partial charge in [-0.15, -0.1) is 0 Å². The number of hydrogen-bond donors (Lipinski definition) is 0. The van der Waals surface area contributed by atoms with Crippen molar-refractivity contribution in [2.75, 3.05) is 7.11 Å². The largest absolute Gasteiger partial charge is 0.494 e. The maximum atomic E-state index is 5.54. The van der Waals surface area contributed by atoms with Crippen molar-refractivity contribution in [1.82, 2.24) is 9.35 Å². The molecule has 1 aliphatic rings. The zero-order valence-corrected chi connectivity index (χ0v) is 18.0. The van der Waals surface area contributed by atoms with Crippen LogP contribution in [-0.4, -0.2) is 22.2 Å². The summed E-state index contributed by atoms with van der Waals surface area (Å²) in [4.78, 5) is 4.82. The maximum Gasteiger partial charge on any atom is 0.146 e. The van der Waals surface area contributed by atoms with Crippen LogP contribution in [0.5, 0.6) is 5.75 Å². The van der Waals surface area contributed by atoms with Crippen LogP contribution in [0.15, 0.2) is 59.6 Å². The summed E-state index contributed by atoms with van der Waals surface area (Å²) in [6.45, 7) is 2.27. The Morgan fingerprint density at radius 2 is 1.59 bits per heavy atom. The molecule has 0 spiro atoms. The highest BCUT2D eigenvalue weighted by molar-refractivity contribution is 5.99. The van der Waals surface area contributed by atoms with Gasteiger partial charge in [-0.25, -0.2) is 0 Å². The van der Waals surface area contributed by atoms with Crippen molar-refractivity contribution >= 4 is 11.8 Å². The van der Waals surface area contributed by atoms with Gasteiger partial charge in [-0.1, -0.05) is 58.3 Å². The fourth-order valence-electron chi connectivity index (χ4n) is 3.80. The van der Waals surface area contributed by atoms with Gasteiger partial charge in [-0.3, -0.25) is 14.3 Å². The molecule has 0 unspecified atom stereocenters. The zero-order chi connectivity index (χ0) is 20.3. The molecule has 0 aliphatic carbocycles. The molecular weight excluding hydrogens is 358 g/mol. The fraction of sp³-hybridized carbons (Fsp3) is 0.480. The van der Waals surface area contributed by atoms with Gasteiger partial charge in [0, 0.05) is 30.4 Å². The number of aromatic nitrogens is 2. The van der Waals surface area contributed by atoms with E-state index in [2.05, 4.69) is 29.8 Å². The second kappa shape index (κ2) is 11.5. The number of allylic oxidation sites excluding steroid dienone is 2. The molecule has 29 heavy (non-hydrogen) atoms. The molecule has 2 aromatic rings. The first-order chi connectivity index (χ1) is 14.3. The van der Waals surface area contributed by atoms with Gasteiger partial charge in [0.25, 0.3) is 0 Å². The Balaban J connectivity index is 1.48. The van der Waals surface area contributed by atoms with Crippen LogP contribution in [-0.2, 0) is 0 Å². The average molecular weight is 394 g/mol. The van der Waals surface area contributed by atoms with Crippen molar-refractivity contribution in [1.29, 1.82) is 0 Å². The normalized spacial score (nSPS) is 14.7. The quantitative estimate of drug-likeness (QED) is 0.341. The minimum Gasteiger partial charge on any atom is -0.494 e. The van der Waals surface area contributed by atoms with Crippen molar-refractivity contribution in [3.8, 4) is 5.75 Å². The molecule has 156 valence electrons. The highest BCUT2D eigenvalue weighted by Gasteiger charge is 2.11. The van der Waals surface area contributed by atoms with E-state index in [9.17, 15) is 0 Å². The molecule has 0 fully saturated rings. The molecule has 0 atom stereocenters. The van der Waals surface area contributed by atoms with Gasteiger partial charge in [0.15, 0.2) is 0 Å². The maximum absolute atomic E-state index is 5.54. The number of rotatable bonds is 13. The summed E-state index contributed by atoms with van der Waals surface area (Å²) in [5, 5.41) is 0. The van der Waals surface area contributed by atoms with E-state index in [0.29, 0.717) is 0 Å². The van der Waals surface area contributed by atoms with E-state index in [4.69, 9.17) is 9.73 Å². The molecule has 4 heteroatoms. The number of hydrogen-bond acceptors (Lipinski definition) is 2. The molecule has 0 bridgehead atoms. The smallest absolute Gasteiger partial charge is 0.146 e. The first kappa shape index (κ1) is 21.2. The molecule has 0 amide bonds. The summed E-state index contributed by atoms with van der Waals surface area (Å²) < 4.78 is 9.63. The number of unbranched alkanes of at least 4 members (excludes halogenated alkanes) is 8. The van der Waals surface area contributed by atoms with E-state index in [1.165, 1.54) is 63.5 Å². The fourth-order valence-corrected chi connectivity index (χ4v) is 3.80. The topological polar surface area (TPSA) is 31.4 Å². The lowest BCUT2D eigenvalue weighted by molar-refractivity contribution is 0.412. The van der Waals surface area contributed by atoms with E-state index in [1.807, 2.05) is 41.5 Å². The predicted molar refractivity (Wildman–Crippen MR) is 123 cm³/mol. The Bertz CT molecular complexity index is 824. The third-order valence-electron chi connectivity index (χ3n) is 5.46. The van der Waals surface area contributed by atoms with Crippen LogP contribution < -0.4 is 4.74 Å². The third-order valence-corrected chi connectivity index (χ3v) is 5.46. The van der Waals surface area contributed by atoms with Crippen LogP contribution in [0.25, 0.3) is 6.08 Å². The van der Waals surface area contributed by atoms with E-state index in [0.717, 1.165) is 23.6 Å². The standard InChI is InChI=1S/C25H35N3O/c1-3-4-5-6-7-8-9-10-11-14-22-15-16-23(26-22)21-24-25(29-2)17-20-28(24)27-18-12-13-19-27/h12-13,15-21H,3-11,14H2,1-2H3. The molecule has 1 aliphatic heterocycles. The predicted octanol–water partition coefficient (Wildman–Crippen LogP) is 6.88. The van der Waals surface area contributed by atoms with Crippen molar-refractivity contribution in [2.45, 2.75) is 71.1 Å². The van der Waals surface area contributed by atoms with Crippen LogP contribution in [0.2, 0.25) is 0 Å². The molecule has 4 nitrogen and oxygen atoms in total. The Labute approximate surface area is 175 Å². The van der Waals surface area contributed by atoms with Crippen LogP contribution in [0.3, 0.4) is 0 Å². The highest BCUT2D eigenvalue weighted by Crippen LogP contribution is 2.25. The third kappa shape index (κ3) is 6.25. The molecule has 0 radical (unpaired) electrons. The first-order valence-electron chi connectivity index (χ1n) is 11.2. The van der Waals surface area contributed by atoms with Crippen LogP contribution in [0.4, 0.5) is 0 Å². The van der Waals surface area contributed by atoms with Gasteiger partial charge >= 0.3 is 0 Å². The minimum atomic E-state index is 0.849. The number of aliphatic imine (C=N–C) groups is 1. The molecule has 0 N–H and O–H groups in total. The van der Waals surface area contributed by atoms with Gasteiger partial charge in [0.05, 0.1) is 12.8 Å². The van der Waals surface area contributed by atoms with E-state index in [-0.39, 0.29) is 0 Å². The SMILES string of the molecule is CCCCCCCCCCCC1=NC(=Cc2c(OC)ccn2-n2cccc2)C=C1. The van der Waals surface area contributed by atoms with Crippen molar-refractivity contribution in [2.24, 2.45) is 4.99 Å². The summed E-state index contributed by atoms with van der Waals surface area (Å²) in [5.74, 6) is 0.849. The summed E-state index contributed by atoms with van der Waals surface area (Å²) in [6, 6.07) is 6.01. The van der Waals surface area contributed by atoms with E-state index >= 15 is 0 Å². The van der Waals surface area contributed by atoms with Gasteiger partial charge in [-0.2, -0.15) is 0 Å². The monoisotopic (exact) mass is 393 g/mol. The summed E-state index contributed by atoms with van der Waals surface area (Å²) in [7, 11) is 1.71. The van der Waals surface area contributed by atoms with E-state index in [1.54, 1.807) is 7.11 Å². The molecule has 0 aromatic carbocycles. The highest BCUT2D eigenvalue weighted by atomic mass is 16.5. The van der Waals surface area contributed by atoms with Crippen molar-refractivity contribution in [3.05, 3.63) is 60.3 Å². The van der Waals surface area contributed by atoms with Crippen LogP contribution in [0.1, 0.15) is 76.8 Å². The lowest BCUT2D eigenvalue weighted by Gasteiger charge is -2.09. The summed E-state index contributed by atoms with van der Waals surface area (Å²) in [6.07, 6.45) is 25.7. The molecule has 2 aromatic heterocycles. The second-order valence-corrected chi connectivity index (χ2v) is 7.76. The number of methoxy groups -OCH3 is 1. The molecular formula is C25H35N3O. The van der Waals surface area contributed by atoms with Crippen molar-refractivity contribution in [3.63, 3.8) is 0 Å². The van der Waals surface area contributed by atoms with Gasteiger partial charge < -0.3 is 4.74 Å². The lowest BCUT2D eigenvalue weighted by Crippen LogP contribution is -2.07. The lowest BCUT2D eigenvalue weighted by atomic mass is 10.1. The Morgan fingerprint density at radius 1 is 0.897 bits per heavy atom. The number of nitrogens with zero attached hydrogens (tertiary/aromatic N) is 3. The second-order valence-electron chi connectivity index (χ2n) is 7.76. The van der Waals surface area contributed by atoms with Crippen molar-refractivity contribution < 1.29 is 4.74 Å². The van der Waals surface area contributed by atoms with Gasteiger partial charge in [-0.05, 0) is 43.2 Å². The Hall–Kier alpha value is -2.49. The van der Waals surface area contributed by atoms with Crippen LogP contribution in [0, 0.1) is 0 Å². The minimum absolute atomic E-state index is 0.849. The zero-order valence-electron chi connectivity index (χ0n) is 18.0. The molecule has 3 heterocycles. The summed E-state index contributed by atoms with van der Waals surface area (Å²) >= 11 is 0. The first-order valence-corrected chi connectivity index (χ1v) is 11.2. The Kier molecular flexibility index (Phi) is 8.41. The van der Waals surface area contributed by atoms with E-state index < -0.39 is 0 Å². The molecule has 3 rings (SSSR count). The van der Waals surface area contributed by atoms with Crippen LogP contribution >= 0.6 is 0 Å².